The number of carbonyl (C=O) groups is 1. The van der Waals surface area contributed by atoms with Gasteiger partial charge in [0.15, 0.2) is 5.76 Å². The summed E-state index contributed by atoms with van der Waals surface area (Å²) in [6.45, 7) is 6.85. The van der Waals surface area contributed by atoms with E-state index in [2.05, 4.69) is 31.1 Å². The number of benzene rings is 1. The maximum absolute atomic E-state index is 12.4. The highest BCUT2D eigenvalue weighted by atomic mass is 16.3. The van der Waals surface area contributed by atoms with E-state index in [4.69, 9.17) is 4.42 Å². The molecule has 0 radical (unpaired) electrons. The van der Waals surface area contributed by atoms with Crippen LogP contribution in [0.15, 0.2) is 65.4 Å². The minimum Gasteiger partial charge on any atom is -0.463 e. The van der Waals surface area contributed by atoms with Crippen LogP contribution in [0.2, 0.25) is 0 Å². The lowest BCUT2D eigenvalue weighted by Gasteiger charge is -2.19. The summed E-state index contributed by atoms with van der Waals surface area (Å²) in [4.78, 5) is 16.8. The largest absolute Gasteiger partial charge is 0.463 e. The van der Waals surface area contributed by atoms with Gasteiger partial charge in [-0.25, -0.2) is 0 Å². The molecule has 128 valence electrons. The second kappa shape index (κ2) is 6.93. The third kappa shape index (κ3) is 3.97. The molecule has 0 aliphatic heterocycles. The summed E-state index contributed by atoms with van der Waals surface area (Å²) >= 11 is 0. The number of hydrogen-bond donors (Lipinski definition) is 1. The zero-order valence-corrected chi connectivity index (χ0v) is 14.7. The van der Waals surface area contributed by atoms with Crippen molar-refractivity contribution >= 4 is 5.91 Å². The number of rotatable bonds is 4. The second-order valence-corrected chi connectivity index (χ2v) is 7.00. The Morgan fingerprint density at radius 1 is 1.08 bits per heavy atom. The van der Waals surface area contributed by atoms with Gasteiger partial charge in [0, 0.05) is 23.9 Å². The molecular weight excluding hydrogens is 312 g/mol. The van der Waals surface area contributed by atoms with Crippen LogP contribution in [0, 0.1) is 0 Å². The first-order valence-corrected chi connectivity index (χ1v) is 8.31. The van der Waals surface area contributed by atoms with Crippen LogP contribution < -0.4 is 5.32 Å². The third-order valence-corrected chi connectivity index (χ3v) is 4.10. The number of nitrogens with zero attached hydrogens (tertiary/aromatic N) is 1. The molecule has 0 aliphatic rings. The zero-order valence-electron chi connectivity index (χ0n) is 14.7. The lowest BCUT2D eigenvalue weighted by atomic mass is 9.87. The van der Waals surface area contributed by atoms with Crippen LogP contribution in [-0.2, 0) is 12.0 Å². The van der Waals surface area contributed by atoms with Gasteiger partial charge in [0.1, 0.15) is 5.69 Å². The number of pyridine rings is 1. The fourth-order valence-electron chi connectivity index (χ4n) is 2.62. The molecular formula is C21H22N2O2. The number of carbonyl (C=O) groups excluding carboxylic acids is 1. The van der Waals surface area contributed by atoms with Gasteiger partial charge in [-0.15, -0.1) is 0 Å². The highest BCUT2D eigenvalue weighted by molar-refractivity contribution is 5.94. The van der Waals surface area contributed by atoms with Crippen molar-refractivity contribution < 1.29 is 9.21 Å². The first kappa shape index (κ1) is 17.0. The molecule has 0 atom stereocenters. The Bertz CT molecular complexity index is 844. The Hall–Kier alpha value is -2.88. The number of amides is 1. The number of nitrogens with one attached hydrogen (secondary N) is 1. The zero-order chi connectivity index (χ0) is 17.9. The fraction of sp³-hybridized carbons (Fsp3) is 0.238. The highest BCUT2D eigenvalue weighted by Gasteiger charge is 2.15. The average molecular weight is 334 g/mol. The maximum Gasteiger partial charge on any atom is 0.251 e. The van der Waals surface area contributed by atoms with Gasteiger partial charge < -0.3 is 9.73 Å². The van der Waals surface area contributed by atoms with Crippen molar-refractivity contribution in [2.75, 3.05) is 0 Å². The van der Waals surface area contributed by atoms with Crippen molar-refractivity contribution in [3.63, 3.8) is 0 Å². The molecule has 1 amide bonds. The summed E-state index contributed by atoms with van der Waals surface area (Å²) in [5.74, 6) is 0.592. The molecule has 3 aromatic rings. The predicted octanol–water partition coefficient (Wildman–Crippen LogP) is 4.57. The van der Waals surface area contributed by atoms with Crippen molar-refractivity contribution in [3.8, 4) is 11.5 Å². The van der Waals surface area contributed by atoms with Crippen molar-refractivity contribution in [3.05, 3.63) is 77.7 Å². The summed E-state index contributed by atoms with van der Waals surface area (Å²) in [5, 5.41) is 2.96. The van der Waals surface area contributed by atoms with Crippen molar-refractivity contribution in [1.29, 1.82) is 0 Å². The van der Waals surface area contributed by atoms with Gasteiger partial charge in [-0.05, 0) is 41.3 Å². The van der Waals surface area contributed by atoms with Crippen molar-refractivity contribution in [1.82, 2.24) is 10.3 Å². The summed E-state index contributed by atoms with van der Waals surface area (Å²) < 4.78 is 5.42. The molecule has 2 heterocycles. The molecule has 1 N–H and O–H groups in total. The quantitative estimate of drug-likeness (QED) is 0.760. The van der Waals surface area contributed by atoms with E-state index >= 15 is 0 Å². The Morgan fingerprint density at radius 2 is 1.84 bits per heavy atom. The van der Waals surface area contributed by atoms with Crippen LogP contribution in [-0.4, -0.2) is 10.9 Å². The van der Waals surface area contributed by atoms with Crippen molar-refractivity contribution in [2.45, 2.75) is 32.7 Å². The van der Waals surface area contributed by atoms with Gasteiger partial charge in [-0.3, -0.25) is 9.78 Å². The Labute approximate surface area is 147 Å². The molecule has 0 bridgehead atoms. The summed E-state index contributed by atoms with van der Waals surface area (Å²) in [5.41, 5.74) is 3.59. The second-order valence-electron chi connectivity index (χ2n) is 7.00. The lowest BCUT2D eigenvalue weighted by molar-refractivity contribution is 0.0951. The van der Waals surface area contributed by atoms with E-state index in [0.717, 1.165) is 11.3 Å². The maximum atomic E-state index is 12.4. The molecule has 0 unspecified atom stereocenters. The number of furan rings is 1. The van der Waals surface area contributed by atoms with Gasteiger partial charge >= 0.3 is 0 Å². The number of aromatic nitrogens is 1. The minimum absolute atomic E-state index is 0.0721. The molecule has 1 aromatic carbocycles. The van der Waals surface area contributed by atoms with Gasteiger partial charge in [-0.2, -0.15) is 0 Å². The SMILES string of the molecule is CC(C)(C)c1ccc(C(=O)NCc2cccnc2-c2ccco2)cc1. The van der Waals surface area contributed by atoms with Gasteiger partial charge in [0.25, 0.3) is 5.91 Å². The van der Waals surface area contributed by atoms with E-state index in [-0.39, 0.29) is 11.3 Å². The Balaban J connectivity index is 1.71. The van der Waals surface area contributed by atoms with Crippen LogP contribution in [0.3, 0.4) is 0 Å². The molecule has 4 nitrogen and oxygen atoms in total. The van der Waals surface area contributed by atoms with Gasteiger partial charge in [-0.1, -0.05) is 39.0 Å². The molecule has 0 saturated heterocycles. The first-order valence-electron chi connectivity index (χ1n) is 8.31. The Kier molecular flexibility index (Phi) is 4.70. The topological polar surface area (TPSA) is 55.1 Å². The molecule has 4 heteroatoms. The summed E-state index contributed by atoms with van der Waals surface area (Å²) in [7, 11) is 0. The van der Waals surface area contributed by atoms with E-state index in [1.807, 2.05) is 48.5 Å². The molecule has 0 aliphatic carbocycles. The molecule has 25 heavy (non-hydrogen) atoms. The summed E-state index contributed by atoms with van der Waals surface area (Å²) in [6.07, 6.45) is 3.33. The third-order valence-electron chi connectivity index (χ3n) is 4.10. The number of hydrogen-bond acceptors (Lipinski definition) is 3. The van der Waals surface area contributed by atoms with Crippen LogP contribution in [0.25, 0.3) is 11.5 Å². The normalized spacial score (nSPS) is 11.3. The van der Waals surface area contributed by atoms with E-state index in [0.29, 0.717) is 17.9 Å². The van der Waals surface area contributed by atoms with Gasteiger partial charge in [0.2, 0.25) is 0 Å². The minimum atomic E-state index is -0.102. The smallest absolute Gasteiger partial charge is 0.251 e. The summed E-state index contributed by atoms with van der Waals surface area (Å²) in [6, 6.07) is 15.2. The molecule has 3 rings (SSSR count). The van der Waals surface area contributed by atoms with E-state index in [9.17, 15) is 4.79 Å². The predicted molar refractivity (Wildman–Crippen MR) is 98.3 cm³/mol. The first-order chi connectivity index (χ1) is 11.9. The van der Waals surface area contributed by atoms with E-state index < -0.39 is 0 Å². The molecule has 2 aromatic heterocycles. The standard InChI is InChI=1S/C21H22N2O2/c1-21(2,3)17-10-8-15(9-11-17)20(24)23-14-16-6-4-12-22-19(16)18-7-5-13-25-18/h4-13H,14H2,1-3H3,(H,23,24). The van der Waals surface area contributed by atoms with Crippen LogP contribution in [0.1, 0.15) is 42.3 Å². The molecule has 0 saturated carbocycles. The van der Waals surface area contributed by atoms with Gasteiger partial charge in [0.05, 0.1) is 6.26 Å². The lowest BCUT2D eigenvalue weighted by Crippen LogP contribution is -2.23. The fourth-order valence-corrected chi connectivity index (χ4v) is 2.62. The van der Waals surface area contributed by atoms with Crippen LogP contribution in [0.4, 0.5) is 0 Å². The van der Waals surface area contributed by atoms with Crippen LogP contribution >= 0.6 is 0 Å². The van der Waals surface area contributed by atoms with Crippen LogP contribution in [0.5, 0.6) is 0 Å². The Morgan fingerprint density at radius 3 is 2.48 bits per heavy atom. The van der Waals surface area contributed by atoms with E-state index in [1.54, 1.807) is 12.5 Å². The molecule has 0 fully saturated rings. The monoisotopic (exact) mass is 334 g/mol. The highest BCUT2D eigenvalue weighted by Crippen LogP contribution is 2.23. The molecule has 0 spiro atoms. The average Bonchev–Trinajstić information content (AvgIpc) is 3.14. The van der Waals surface area contributed by atoms with E-state index in [1.165, 1.54) is 5.56 Å². The van der Waals surface area contributed by atoms with Crippen molar-refractivity contribution in [2.24, 2.45) is 0 Å².